The van der Waals surface area contributed by atoms with Gasteiger partial charge in [0.05, 0.1) is 11.4 Å². The van der Waals surface area contributed by atoms with E-state index >= 15 is 8.78 Å². The van der Waals surface area contributed by atoms with Gasteiger partial charge in [-0.3, -0.25) is 0 Å². The van der Waals surface area contributed by atoms with E-state index < -0.39 is 17.5 Å². The highest BCUT2D eigenvalue weighted by Crippen LogP contribution is 2.37. The summed E-state index contributed by atoms with van der Waals surface area (Å²) in [5.74, 6) is -1.40. The summed E-state index contributed by atoms with van der Waals surface area (Å²) in [5, 5.41) is 0.299. The molecule has 0 fully saturated rings. The van der Waals surface area contributed by atoms with Crippen LogP contribution in [0.15, 0.2) is 42.4 Å². The third-order valence-corrected chi connectivity index (χ3v) is 7.35. The Morgan fingerprint density at radius 1 is 1.18 bits per heavy atom. The summed E-state index contributed by atoms with van der Waals surface area (Å²) in [6.07, 6.45) is 11.4. The fourth-order valence-corrected chi connectivity index (χ4v) is 5.02. The molecular weight excluding hydrogens is 451 g/mol. The maximum Gasteiger partial charge on any atom is 0.182 e. The molecule has 0 bridgehead atoms. The number of halogens is 3. The summed E-state index contributed by atoms with van der Waals surface area (Å²) in [4.78, 5) is 1.69. The maximum absolute atomic E-state index is 15.6. The van der Waals surface area contributed by atoms with Crippen LogP contribution in [0.4, 0.5) is 18.9 Å². The van der Waals surface area contributed by atoms with Crippen molar-refractivity contribution < 1.29 is 13.2 Å². The number of allylic oxidation sites excluding steroid dienone is 4. The van der Waals surface area contributed by atoms with Gasteiger partial charge in [0.25, 0.3) is 0 Å². The number of anilines is 1. The predicted molar refractivity (Wildman–Crippen MR) is 145 cm³/mol. The number of aryl methyl sites for hydroxylation is 1. The Balaban J connectivity index is 3.67. The monoisotopic (exact) mass is 495 g/mol. The lowest BCUT2D eigenvalue weighted by Crippen LogP contribution is -2.29. The molecule has 0 radical (unpaired) electrons. The Labute approximate surface area is 210 Å². The Hall–Kier alpha value is -1.62. The summed E-state index contributed by atoms with van der Waals surface area (Å²) in [6.45, 7) is 16.2. The Morgan fingerprint density at radius 3 is 2.35 bits per heavy atom. The SMILES string of the molecule is C=CC(C)CC(CCN(C(=C/C)/C(F)=C\CC)c1c(F)c(F)cc(CC)c1CCC(C)C)SC. The van der Waals surface area contributed by atoms with Crippen molar-refractivity contribution in [3.63, 3.8) is 0 Å². The molecule has 1 aromatic carbocycles. The lowest BCUT2D eigenvalue weighted by Gasteiger charge is -2.32. The molecule has 0 N–H and O–H groups in total. The molecule has 0 amide bonds. The van der Waals surface area contributed by atoms with E-state index in [1.54, 1.807) is 29.7 Å². The lowest BCUT2D eigenvalue weighted by atomic mass is 9.93. The molecule has 1 aromatic rings. The first-order valence-electron chi connectivity index (χ1n) is 12.6. The van der Waals surface area contributed by atoms with Crippen LogP contribution in [0.5, 0.6) is 0 Å². The highest BCUT2D eigenvalue weighted by atomic mass is 32.2. The fourth-order valence-electron chi connectivity index (χ4n) is 4.18. The van der Waals surface area contributed by atoms with Crippen LogP contribution in [0.2, 0.25) is 0 Å². The number of nitrogens with zero attached hydrogens (tertiary/aromatic N) is 1. The number of hydrogen-bond acceptors (Lipinski definition) is 2. The average molecular weight is 496 g/mol. The van der Waals surface area contributed by atoms with Crippen molar-refractivity contribution in [1.82, 2.24) is 0 Å². The van der Waals surface area contributed by atoms with Gasteiger partial charge in [0.1, 0.15) is 5.83 Å². The molecule has 0 aromatic heterocycles. The number of rotatable bonds is 15. The van der Waals surface area contributed by atoms with Crippen molar-refractivity contribution in [3.05, 3.63) is 65.2 Å². The van der Waals surface area contributed by atoms with Crippen LogP contribution in [0.3, 0.4) is 0 Å². The zero-order valence-corrected chi connectivity index (χ0v) is 23.0. The van der Waals surface area contributed by atoms with Crippen molar-refractivity contribution in [2.75, 3.05) is 17.7 Å². The predicted octanol–water partition coefficient (Wildman–Crippen LogP) is 9.42. The normalized spacial score (nSPS) is 14.4. The van der Waals surface area contributed by atoms with Crippen molar-refractivity contribution in [2.45, 2.75) is 85.3 Å². The van der Waals surface area contributed by atoms with Gasteiger partial charge in [-0.2, -0.15) is 11.8 Å². The smallest absolute Gasteiger partial charge is 0.182 e. The van der Waals surface area contributed by atoms with Crippen LogP contribution in [0.1, 0.15) is 78.4 Å². The van der Waals surface area contributed by atoms with Crippen molar-refractivity contribution in [3.8, 4) is 0 Å². The Bertz CT molecular complexity index is 844. The summed E-state index contributed by atoms with van der Waals surface area (Å²) < 4.78 is 45.6. The van der Waals surface area contributed by atoms with E-state index in [4.69, 9.17) is 0 Å². The Morgan fingerprint density at radius 2 is 1.85 bits per heavy atom. The van der Waals surface area contributed by atoms with Gasteiger partial charge in [0.2, 0.25) is 0 Å². The second kappa shape index (κ2) is 15.4. The highest BCUT2D eigenvalue weighted by Gasteiger charge is 2.27. The van der Waals surface area contributed by atoms with E-state index in [9.17, 15) is 4.39 Å². The second-order valence-electron chi connectivity index (χ2n) is 9.33. The molecule has 192 valence electrons. The topological polar surface area (TPSA) is 3.24 Å². The van der Waals surface area contributed by atoms with Gasteiger partial charge in [-0.15, -0.1) is 6.58 Å². The first-order valence-corrected chi connectivity index (χ1v) is 13.9. The van der Waals surface area contributed by atoms with Gasteiger partial charge >= 0.3 is 0 Å². The zero-order chi connectivity index (χ0) is 25.8. The van der Waals surface area contributed by atoms with Gasteiger partial charge in [0.15, 0.2) is 11.6 Å². The largest absolute Gasteiger partial charge is 0.337 e. The molecule has 0 saturated carbocycles. The first kappa shape index (κ1) is 30.4. The number of benzene rings is 1. The van der Waals surface area contributed by atoms with Crippen LogP contribution in [-0.2, 0) is 12.8 Å². The van der Waals surface area contributed by atoms with E-state index in [0.29, 0.717) is 48.6 Å². The third-order valence-electron chi connectivity index (χ3n) is 6.25. The van der Waals surface area contributed by atoms with Gasteiger partial charge in [-0.1, -0.05) is 46.8 Å². The van der Waals surface area contributed by atoms with Gasteiger partial charge in [-0.25, -0.2) is 13.2 Å². The molecule has 0 aliphatic rings. The van der Waals surface area contributed by atoms with Crippen molar-refractivity contribution in [2.24, 2.45) is 11.8 Å². The molecule has 0 heterocycles. The molecule has 0 aliphatic carbocycles. The van der Waals surface area contributed by atoms with Crippen LogP contribution >= 0.6 is 11.8 Å². The van der Waals surface area contributed by atoms with Gasteiger partial charge < -0.3 is 4.90 Å². The zero-order valence-electron chi connectivity index (χ0n) is 22.2. The van der Waals surface area contributed by atoms with E-state index in [2.05, 4.69) is 33.6 Å². The maximum atomic E-state index is 15.6. The van der Waals surface area contributed by atoms with Crippen LogP contribution in [0.25, 0.3) is 0 Å². The van der Waals surface area contributed by atoms with E-state index in [1.807, 2.05) is 19.9 Å². The minimum atomic E-state index is -0.889. The number of thioether (sulfide) groups is 1. The molecule has 1 nitrogen and oxygen atoms in total. The molecule has 5 heteroatoms. The summed E-state index contributed by atoms with van der Waals surface area (Å²) >= 11 is 1.75. The summed E-state index contributed by atoms with van der Waals surface area (Å²) in [6, 6.07) is 1.32. The third kappa shape index (κ3) is 8.55. The van der Waals surface area contributed by atoms with Crippen LogP contribution in [-0.4, -0.2) is 18.1 Å². The molecule has 0 spiro atoms. The first-order chi connectivity index (χ1) is 16.1. The number of hydrogen-bond donors (Lipinski definition) is 0. The molecule has 1 rings (SSSR count). The van der Waals surface area contributed by atoms with Crippen LogP contribution in [0, 0.1) is 23.5 Å². The second-order valence-corrected chi connectivity index (χ2v) is 10.5. The summed E-state index contributed by atoms with van der Waals surface area (Å²) in [5.41, 5.74) is 2.08. The quantitative estimate of drug-likeness (QED) is 0.176. The molecule has 2 atom stereocenters. The molecular formula is C29H44F3NS. The molecule has 0 saturated heterocycles. The standard InChI is InChI=1S/C29H44F3NS/c1-9-13-25(30)27(12-4)33(17-16-23(34-8)18-21(7)10-2)29-24(15-14-20(5)6)22(11-3)19-26(31)28(29)32/h10,12-13,19-21,23H,2,9,11,14-18H2,1,3-8H3/b25-13+,27-12+. The van der Waals surface area contributed by atoms with E-state index in [1.165, 1.54) is 12.1 Å². The molecule has 2 unspecified atom stereocenters. The minimum Gasteiger partial charge on any atom is -0.337 e. The van der Waals surface area contributed by atoms with Crippen molar-refractivity contribution >= 4 is 17.4 Å². The fraction of sp³-hybridized carbons (Fsp3) is 0.586. The highest BCUT2D eigenvalue weighted by molar-refractivity contribution is 7.99. The Kier molecular flexibility index (Phi) is 13.8. The van der Waals surface area contributed by atoms with E-state index in [0.717, 1.165) is 30.4 Å². The average Bonchev–Trinajstić information content (AvgIpc) is 2.81. The van der Waals surface area contributed by atoms with E-state index in [-0.39, 0.29) is 5.69 Å². The summed E-state index contributed by atoms with van der Waals surface area (Å²) in [7, 11) is 0. The minimum absolute atomic E-state index is 0.196. The van der Waals surface area contributed by atoms with Crippen molar-refractivity contribution in [1.29, 1.82) is 0 Å². The molecule has 34 heavy (non-hydrogen) atoms. The van der Waals surface area contributed by atoms with Gasteiger partial charge in [-0.05, 0) is 86.8 Å². The van der Waals surface area contributed by atoms with Gasteiger partial charge in [0, 0.05) is 11.8 Å². The van der Waals surface area contributed by atoms with Crippen LogP contribution < -0.4 is 4.90 Å². The lowest BCUT2D eigenvalue weighted by molar-refractivity contribution is 0.499. The molecule has 0 aliphatic heterocycles.